The van der Waals surface area contributed by atoms with Gasteiger partial charge in [-0.2, -0.15) is 0 Å². The van der Waals surface area contributed by atoms with E-state index in [9.17, 15) is 9.90 Å². The van der Waals surface area contributed by atoms with Crippen LogP contribution in [0.2, 0.25) is 0 Å². The van der Waals surface area contributed by atoms with Gasteiger partial charge in [0, 0.05) is 43.3 Å². The molecular formula is C19H27N3O3. The molecule has 25 heavy (non-hydrogen) atoms. The lowest BCUT2D eigenvalue weighted by Crippen LogP contribution is -2.51. The number of benzene rings is 1. The van der Waals surface area contributed by atoms with Gasteiger partial charge in [-0.1, -0.05) is 18.2 Å². The van der Waals surface area contributed by atoms with Gasteiger partial charge in [0.15, 0.2) is 0 Å². The van der Waals surface area contributed by atoms with Gasteiger partial charge in [-0.15, -0.1) is 0 Å². The number of para-hydroxylation sites is 1. The Morgan fingerprint density at radius 2 is 2.16 bits per heavy atom. The van der Waals surface area contributed by atoms with Crippen molar-refractivity contribution in [3.8, 4) is 0 Å². The van der Waals surface area contributed by atoms with E-state index in [0.29, 0.717) is 26.2 Å². The Hall–Kier alpha value is -1.89. The molecule has 2 aromatic rings. The summed E-state index contributed by atoms with van der Waals surface area (Å²) in [5.41, 5.74) is 2.26. The number of aryl methyl sites for hydroxylation is 1. The molecule has 1 saturated heterocycles. The number of morpholine rings is 1. The maximum atomic E-state index is 12.3. The Morgan fingerprint density at radius 1 is 1.40 bits per heavy atom. The largest absolute Gasteiger partial charge is 0.387 e. The topological polar surface area (TPSA) is 77.6 Å². The van der Waals surface area contributed by atoms with Gasteiger partial charge in [-0.25, -0.2) is 0 Å². The van der Waals surface area contributed by atoms with Crippen LogP contribution in [0.15, 0.2) is 24.4 Å². The summed E-state index contributed by atoms with van der Waals surface area (Å²) in [6.45, 7) is 7.61. The molecule has 0 saturated carbocycles. The average Bonchev–Trinajstić information content (AvgIpc) is 2.98. The average molecular weight is 345 g/mol. The number of aliphatic hydroxyl groups is 1. The van der Waals surface area contributed by atoms with E-state index in [1.165, 1.54) is 0 Å². The minimum absolute atomic E-state index is 0.0790. The predicted octanol–water partition coefficient (Wildman–Crippen LogP) is 1.22. The van der Waals surface area contributed by atoms with Crippen molar-refractivity contribution in [1.29, 1.82) is 0 Å². The molecule has 3 N–H and O–H groups in total. The number of amides is 1. The Labute approximate surface area is 148 Å². The van der Waals surface area contributed by atoms with E-state index in [-0.39, 0.29) is 12.5 Å². The summed E-state index contributed by atoms with van der Waals surface area (Å²) in [6, 6.07) is 6.07. The van der Waals surface area contributed by atoms with Gasteiger partial charge in [0.1, 0.15) is 0 Å². The molecule has 0 aliphatic carbocycles. The van der Waals surface area contributed by atoms with E-state index in [2.05, 4.69) is 15.2 Å². The highest BCUT2D eigenvalue weighted by molar-refractivity contribution is 5.90. The second-order valence-electron chi connectivity index (χ2n) is 7.15. The lowest BCUT2D eigenvalue weighted by atomic mass is 10.1. The molecule has 1 aliphatic heterocycles. The molecule has 1 aromatic carbocycles. The third kappa shape index (κ3) is 4.60. The molecule has 0 spiro atoms. The van der Waals surface area contributed by atoms with Crippen molar-refractivity contribution in [2.45, 2.75) is 25.9 Å². The van der Waals surface area contributed by atoms with Gasteiger partial charge in [0.2, 0.25) is 5.91 Å². The molecular weight excluding hydrogens is 318 g/mol. The number of nitrogens with one attached hydrogen (secondary N) is 2. The number of H-pyrrole nitrogens is 1. The molecule has 1 amide bonds. The quantitative estimate of drug-likeness (QED) is 0.736. The molecule has 136 valence electrons. The van der Waals surface area contributed by atoms with Crippen molar-refractivity contribution in [3.05, 3.63) is 35.5 Å². The Kier molecular flexibility index (Phi) is 5.42. The second kappa shape index (κ2) is 7.56. The van der Waals surface area contributed by atoms with Crippen LogP contribution in [0.3, 0.4) is 0 Å². The molecule has 6 heteroatoms. The van der Waals surface area contributed by atoms with E-state index in [1.54, 1.807) is 6.92 Å². The van der Waals surface area contributed by atoms with Crippen LogP contribution in [0.1, 0.15) is 18.1 Å². The summed E-state index contributed by atoms with van der Waals surface area (Å²) in [7, 11) is 0. The highest BCUT2D eigenvalue weighted by Crippen LogP contribution is 2.21. The summed E-state index contributed by atoms with van der Waals surface area (Å²) in [6.07, 6.45) is 2.19. The molecule has 1 atom stereocenters. The van der Waals surface area contributed by atoms with Gasteiger partial charge in [-0.3, -0.25) is 9.69 Å². The van der Waals surface area contributed by atoms with Crippen LogP contribution in [0, 0.1) is 6.92 Å². The molecule has 1 aliphatic rings. The monoisotopic (exact) mass is 345 g/mol. The van der Waals surface area contributed by atoms with Gasteiger partial charge in [0.05, 0.1) is 25.2 Å². The highest BCUT2D eigenvalue weighted by Gasteiger charge is 2.26. The first kappa shape index (κ1) is 17.9. The van der Waals surface area contributed by atoms with E-state index < -0.39 is 5.60 Å². The number of nitrogens with zero attached hydrogens (tertiary/aromatic N) is 1. The number of carbonyl (C=O) groups excluding carboxylic acids is 1. The second-order valence-corrected chi connectivity index (χ2v) is 7.15. The molecule has 1 unspecified atom stereocenters. The standard InChI is InChI=1S/C19H27N3O3/c1-14-4-3-5-16-15(11-20-18(14)16)10-17(23)21-12-19(2,24)13-22-6-8-25-9-7-22/h3-5,11,20,24H,6-10,12-13H2,1-2H3,(H,21,23). The maximum absolute atomic E-state index is 12.3. The van der Waals surface area contributed by atoms with Crippen LogP contribution < -0.4 is 5.32 Å². The fourth-order valence-electron chi connectivity index (χ4n) is 3.33. The fourth-order valence-corrected chi connectivity index (χ4v) is 3.33. The zero-order chi connectivity index (χ0) is 17.9. The molecule has 3 rings (SSSR count). The van der Waals surface area contributed by atoms with E-state index in [1.807, 2.05) is 31.3 Å². The summed E-state index contributed by atoms with van der Waals surface area (Å²) < 4.78 is 5.32. The Bertz CT molecular complexity index is 733. The number of aromatic nitrogens is 1. The first-order valence-corrected chi connectivity index (χ1v) is 8.79. The van der Waals surface area contributed by atoms with Crippen molar-refractivity contribution < 1.29 is 14.6 Å². The molecule has 1 fully saturated rings. The van der Waals surface area contributed by atoms with Gasteiger partial charge in [-0.05, 0) is 25.0 Å². The third-order valence-corrected chi connectivity index (χ3v) is 4.69. The minimum atomic E-state index is -0.955. The van der Waals surface area contributed by atoms with Gasteiger partial charge in [0.25, 0.3) is 0 Å². The smallest absolute Gasteiger partial charge is 0.224 e. The van der Waals surface area contributed by atoms with E-state index in [0.717, 1.165) is 35.1 Å². The van der Waals surface area contributed by atoms with Gasteiger partial charge < -0.3 is 20.1 Å². The fraction of sp³-hybridized carbons (Fsp3) is 0.526. The van der Waals surface area contributed by atoms with E-state index in [4.69, 9.17) is 4.74 Å². The molecule has 2 heterocycles. The number of carbonyl (C=O) groups is 1. The first-order chi connectivity index (χ1) is 11.9. The van der Waals surface area contributed by atoms with E-state index >= 15 is 0 Å². The summed E-state index contributed by atoms with van der Waals surface area (Å²) >= 11 is 0. The zero-order valence-corrected chi connectivity index (χ0v) is 15.0. The normalized spacial score (nSPS) is 18.2. The molecule has 0 radical (unpaired) electrons. The Balaban J connectivity index is 1.54. The molecule has 1 aromatic heterocycles. The lowest BCUT2D eigenvalue weighted by molar-refractivity contribution is -0.121. The van der Waals surface area contributed by atoms with Crippen LogP contribution in [-0.4, -0.2) is 65.9 Å². The van der Waals surface area contributed by atoms with Crippen molar-refractivity contribution in [3.63, 3.8) is 0 Å². The van der Waals surface area contributed by atoms with Crippen LogP contribution in [-0.2, 0) is 16.0 Å². The summed E-state index contributed by atoms with van der Waals surface area (Å²) in [4.78, 5) is 17.7. The van der Waals surface area contributed by atoms with Crippen molar-refractivity contribution in [1.82, 2.24) is 15.2 Å². The number of ether oxygens (including phenoxy) is 1. The maximum Gasteiger partial charge on any atom is 0.224 e. The van der Waals surface area contributed by atoms with Crippen molar-refractivity contribution in [2.24, 2.45) is 0 Å². The summed E-state index contributed by atoms with van der Waals surface area (Å²) in [5.74, 6) is -0.0790. The Morgan fingerprint density at radius 3 is 2.92 bits per heavy atom. The lowest BCUT2D eigenvalue weighted by Gasteiger charge is -2.33. The number of β-amino-alcohol motifs (C(OH)–C–C–N with tert-alkyl or cyclic N) is 1. The van der Waals surface area contributed by atoms with Crippen LogP contribution in [0.25, 0.3) is 10.9 Å². The van der Waals surface area contributed by atoms with Crippen LogP contribution in [0.5, 0.6) is 0 Å². The zero-order valence-electron chi connectivity index (χ0n) is 15.0. The van der Waals surface area contributed by atoms with Crippen molar-refractivity contribution in [2.75, 3.05) is 39.4 Å². The highest BCUT2D eigenvalue weighted by atomic mass is 16.5. The molecule has 6 nitrogen and oxygen atoms in total. The SMILES string of the molecule is Cc1cccc2c(CC(=O)NCC(C)(O)CN3CCOCC3)c[nH]c12. The number of hydrogen-bond donors (Lipinski definition) is 3. The third-order valence-electron chi connectivity index (χ3n) is 4.69. The van der Waals surface area contributed by atoms with Crippen LogP contribution >= 0.6 is 0 Å². The van der Waals surface area contributed by atoms with Crippen molar-refractivity contribution >= 4 is 16.8 Å². The predicted molar refractivity (Wildman–Crippen MR) is 97.6 cm³/mol. The van der Waals surface area contributed by atoms with Crippen LogP contribution in [0.4, 0.5) is 0 Å². The number of fused-ring (bicyclic) bond motifs is 1. The number of rotatable bonds is 6. The number of aromatic amines is 1. The van der Waals surface area contributed by atoms with Gasteiger partial charge >= 0.3 is 0 Å². The summed E-state index contributed by atoms with van der Waals surface area (Å²) in [5, 5.41) is 14.5. The number of hydrogen-bond acceptors (Lipinski definition) is 4. The molecule has 0 bridgehead atoms. The minimum Gasteiger partial charge on any atom is -0.387 e. The first-order valence-electron chi connectivity index (χ1n) is 8.79.